The number of aliphatic hydroxyl groups is 1. The fraction of sp³-hybridized carbons (Fsp3) is 0.250. The minimum absolute atomic E-state index is 0.0108. The van der Waals surface area contributed by atoms with E-state index < -0.39 is 17.7 Å². The van der Waals surface area contributed by atoms with Crippen LogP contribution in [0.1, 0.15) is 49.6 Å². The van der Waals surface area contributed by atoms with Crippen molar-refractivity contribution in [2.45, 2.75) is 32.7 Å². The number of carbonyl (C=O) groups is 2. The molecule has 35 heavy (non-hydrogen) atoms. The molecule has 0 bridgehead atoms. The van der Waals surface area contributed by atoms with E-state index in [1.54, 1.807) is 74.0 Å². The van der Waals surface area contributed by atoms with Crippen LogP contribution < -0.4 is 14.4 Å². The van der Waals surface area contributed by atoms with Crippen molar-refractivity contribution in [1.29, 1.82) is 0 Å². The fourth-order valence-electron chi connectivity index (χ4n) is 4.25. The third-order valence-electron chi connectivity index (χ3n) is 5.97. The lowest BCUT2D eigenvalue weighted by molar-refractivity contribution is -0.132. The summed E-state index contributed by atoms with van der Waals surface area (Å²) in [6.45, 7) is 6.47. The first-order valence-corrected chi connectivity index (χ1v) is 11.5. The molecule has 1 aliphatic heterocycles. The number of anilines is 1. The van der Waals surface area contributed by atoms with Gasteiger partial charge >= 0.3 is 0 Å². The number of rotatable bonds is 7. The standard InChI is InChI=1S/C28H28N2O5/c1-5-35-23-14-9-18(16-21(23)17(2)3)26(31)24-25(22-8-6-7-15-29-22)30(28(33)27(24)32)19-10-12-20(34-4)13-11-19/h6-17,25,31H,5H2,1-4H3/b26-24-. The number of aliphatic hydroxyl groups excluding tert-OH is 1. The lowest BCUT2D eigenvalue weighted by Gasteiger charge is -2.24. The Balaban J connectivity index is 1.90. The molecule has 7 nitrogen and oxygen atoms in total. The number of ether oxygens (including phenoxy) is 2. The summed E-state index contributed by atoms with van der Waals surface area (Å²) in [5, 5.41) is 11.4. The van der Waals surface area contributed by atoms with Crippen LogP contribution in [0.15, 0.2) is 72.4 Å². The van der Waals surface area contributed by atoms with Crippen molar-refractivity contribution in [2.75, 3.05) is 18.6 Å². The predicted octanol–water partition coefficient (Wildman–Crippen LogP) is 5.24. The van der Waals surface area contributed by atoms with Gasteiger partial charge in [0.1, 0.15) is 23.3 Å². The van der Waals surface area contributed by atoms with E-state index in [0.717, 1.165) is 11.3 Å². The van der Waals surface area contributed by atoms with Crippen molar-refractivity contribution < 1.29 is 24.2 Å². The van der Waals surface area contributed by atoms with Gasteiger partial charge in [-0.1, -0.05) is 19.9 Å². The Bertz CT molecular complexity index is 1270. The maximum Gasteiger partial charge on any atom is 0.300 e. The Labute approximate surface area is 204 Å². The second kappa shape index (κ2) is 10.0. The van der Waals surface area contributed by atoms with E-state index in [9.17, 15) is 14.7 Å². The average molecular weight is 473 g/mol. The Morgan fingerprint density at radius 2 is 1.83 bits per heavy atom. The van der Waals surface area contributed by atoms with E-state index in [0.29, 0.717) is 29.3 Å². The first-order valence-electron chi connectivity index (χ1n) is 11.5. The smallest absolute Gasteiger partial charge is 0.300 e. The van der Waals surface area contributed by atoms with Crippen LogP contribution >= 0.6 is 0 Å². The van der Waals surface area contributed by atoms with Crippen molar-refractivity contribution >= 4 is 23.1 Å². The molecule has 0 spiro atoms. The molecular formula is C28H28N2O5. The quantitative estimate of drug-likeness (QED) is 0.287. The van der Waals surface area contributed by atoms with Crippen LogP contribution in [-0.4, -0.2) is 35.5 Å². The Kier molecular flexibility index (Phi) is 6.87. The third kappa shape index (κ3) is 4.49. The van der Waals surface area contributed by atoms with Gasteiger partial charge in [-0.15, -0.1) is 0 Å². The topological polar surface area (TPSA) is 89.0 Å². The molecule has 2 heterocycles. The molecule has 0 saturated carbocycles. The molecule has 1 unspecified atom stereocenters. The first kappa shape index (κ1) is 24.0. The fourth-order valence-corrected chi connectivity index (χ4v) is 4.25. The average Bonchev–Trinajstić information content (AvgIpc) is 3.14. The summed E-state index contributed by atoms with van der Waals surface area (Å²) in [7, 11) is 1.55. The van der Waals surface area contributed by atoms with E-state index in [4.69, 9.17) is 9.47 Å². The molecule has 1 fully saturated rings. The van der Waals surface area contributed by atoms with Crippen molar-refractivity contribution in [3.8, 4) is 11.5 Å². The number of hydrogen-bond donors (Lipinski definition) is 1. The number of hydrogen-bond acceptors (Lipinski definition) is 6. The predicted molar refractivity (Wildman–Crippen MR) is 134 cm³/mol. The molecule has 1 atom stereocenters. The van der Waals surface area contributed by atoms with Crippen LogP contribution in [0.25, 0.3) is 5.76 Å². The second-order valence-electron chi connectivity index (χ2n) is 8.46. The summed E-state index contributed by atoms with van der Waals surface area (Å²) in [5.74, 6) is -0.289. The summed E-state index contributed by atoms with van der Waals surface area (Å²) < 4.78 is 11.0. The molecule has 3 aromatic rings. The maximum absolute atomic E-state index is 13.3. The molecule has 1 aromatic heterocycles. The van der Waals surface area contributed by atoms with Gasteiger partial charge in [0.15, 0.2) is 0 Å². The van der Waals surface area contributed by atoms with E-state index in [1.807, 2.05) is 20.8 Å². The molecule has 1 aliphatic rings. The highest BCUT2D eigenvalue weighted by atomic mass is 16.5. The number of ketones is 1. The Morgan fingerprint density at radius 3 is 2.43 bits per heavy atom. The molecular weight excluding hydrogens is 444 g/mol. The van der Waals surface area contributed by atoms with Crippen LogP contribution in [0.2, 0.25) is 0 Å². The number of Topliss-reactive ketones (excluding diaryl/α,β-unsaturated/α-hetero) is 1. The lowest BCUT2D eigenvalue weighted by atomic mass is 9.94. The molecule has 1 amide bonds. The monoisotopic (exact) mass is 472 g/mol. The molecule has 4 rings (SSSR count). The largest absolute Gasteiger partial charge is 0.507 e. The van der Waals surface area contributed by atoms with Gasteiger partial charge in [0, 0.05) is 17.4 Å². The number of pyridine rings is 1. The van der Waals surface area contributed by atoms with Crippen molar-refractivity contribution in [3.63, 3.8) is 0 Å². The highest BCUT2D eigenvalue weighted by Crippen LogP contribution is 2.42. The summed E-state index contributed by atoms with van der Waals surface area (Å²) >= 11 is 0. The van der Waals surface area contributed by atoms with Gasteiger partial charge in [-0.25, -0.2) is 0 Å². The number of benzene rings is 2. The summed E-state index contributed by atoms with van der Waals surface area (Å²) in [6.07, 6.45) is 1.59. The molecule has 2 aromatic carbocycles. The minimum Gasteiger partial charge on any atom is -0.507 e. The molecule has 0 aliphatic carbocycles. The maximum atomic E-state index is 13.3. The molecule has 1 saturated heterocycles. The first-order chi connectivity index (χ1) is 16.9. The zero-order chi connectivity index (χ0) is 25.1. The third-order valence-corrected chi connectivity index (χ3v) is 5.97. The van der Waals surface area contributed by atoms with Crippen LogP contribution in [0.3, 0.4) is 0 Å². The minimum atomic E-state index is -0.890. The van der Waals surface area contributed by atoms with Gasteiger partial charge in [-0.3, -0.25) is 19.5 Å². The number of amides is 1. The van der Waals surface area contributed by atoms with Crippen LogP contribution in [-0.2, 0) is 9.59 Å². The molecule has 0 radical (unpaired) electrons. The van der Waals surface area contributed by atoms with Crippen LogP contribution in [0.4, 0.5) is 5.69 Å². The van der Waals surface area contributed by atoms with Gasteiger partial charge in [0.25, 0.3) is 11.7 Å². The van der Waals surface area contributed by atoms with E-state index in [-0.39, 0.29) is 17.3 Å². The Hall–Kier alpha value is -4.13. The molecule has 1 N–H and O–H groups in total. The van der Waals surface area contributed by atoms with Gasteiger partial charge in [-0.05, 0) is 73.0 Å². The Morgan fingerprint density at radius 1 is 1.09 bits per heavy atom. The summed E-state index contributed by atoms with van der Waals surface area (Å²) in [6, 6.07) is 16.5. The highest BCUT2D eigenvalue weighted by Gasteiger charge is 2.47. The molecule has 180 valence electrons. The second-order valence-corrected chi connectivity index (χ2v) is 8.46. The normalized spacial score (nSPS) is 17.2. The molecule has 7 heteroatoms. The van der Waals surface area contributed by atoms with Crippen LogP contribution in [0, 0.1) is 0 Å². The van der Waals surface area contributed by atoms with Crippen molar-refractivity contribution in [2.24, 2.45) is 0 Å². The summed E-state index contributed by atoms with van der Waals surface area (Å²) in [5.41, 5.74) is 2.29. The van der Waals surface area contributed by atoms with E-state index in [2.05, 4.69) is 4.98 Å². The van der Waals surface area contributed by atoms with E-state index >= 15 is 0 Å². The zero-order valence-electron chi connectivity index (χ0n) is 20.2. The highest BCUT2D eigenvalue weighted by molar-refractivity contribution is 6.51. The zero-order valence-corrected chi connectivity index (χ0v) is 20.2. The van der Waals surface area contributed by atoms with Gasteiger partial charge in [0.05, 0.1) is 25.0 Å². The van der Waals surface area contributed by atoms with Gasteiger partial charge < -0.3 is 14.6 Å². The van der Waals surface area contributed by atoms with Crippen LogP contribution in [0.5, 0.6) is 11.5 Å². The number of aromatic nitrogens is 1. The van der Waals surface area contributed by atoms with Crippen molar-refractivity contribution in [1.82, 2.24) is 4.98 Å². The SMILES string of the molecule is CCOc1ccc(/C(O)=C2/C(=O)C(=O)N(c3ccc(OC)cc3)C2c2ccccn2)cc1C(C)C. The number of methoxy groups -OCH3 is 1. The number of carbonyl (C=O) groups excluding carboxylic acids is 2. The van der Waals surface area contributed by atoms with Gasteiger partial charge in [0.2, 0.25) is 0 Å². The van der Waals surface area contributed by atoms with E-state index in [1.165, 1.54) is 4.90 Å². The van der Waals surface area contributed by atoms with Gasteiger partial charge in [-0.2, -0.15) is 0 Å². The number of nitrogens with zero attached hydrogens (tertiary/aromatic N) is 2. The van der Waals surface area contributed by atoms with Crippen molar-refractivity contribution in [3.05, 3.63) is 89.3 Å². The summed E-state index contributed by atoms with van der Waals surface area (Å²) in [4.78, 5) is 32.4. The lowest BCUT2D eigenvalue weighted by Crippen LogP contribution is -2.29.